The van der Waals surface area contributed by atoms with Crippen molar-refractivity contribution >= 4 is 28.8 Å². The zero-order valence-corrected chi connectivity index (χ0v) is 17.2. The molecule has 0 unspecified atom stereocenters. The molecule has 4 aromatic rings. The van der Waals surface area contributed by atoms with E-state index in [-0.39, 0.29) is 11.8 Å². The Labute approximate surface area is 177 Å². The van der Waals surface area contributed by atoms with Crippen LogP contribution in [-0.4, -0.2) is 27.1 Å². The molecule has 0 bridgehead atoms. The van der Waals surface area contributed by atoms with Crippen molar-refractivity contribution in [1.29, 1.82) is 0 Å². The first kappa shape index (κ1) is 20.1. The molecule has 0 aliphatic carbocycles. The standard InChI is InChI=1S/C23H20FN3O2S/c1-2-29-22(28)17-8-11-21-20(13-17)26-23(27(21)14-19-5-3-4-12-25-19)30-15-16-6-9-18(24)10-7-16/h3-13H,2,14-15H2,1H3. The molecule has 0 spiro atoms. The van der Waals surface area contributed by atoms with Crippen LogP contribution in [0.4, 0.5) is 4.39 Å². The fraction of sp³-hybridized carbons (Fsp3) is 0.174. The zero-order chi connectivity index (χ0) is 20.9. The second-order valence-electron chi connectivity index (χ2n) is 6.64. The van der Waals surface area contributed by atoms with Gasteiger partial charge >= 0.3 is 5.97 Å². The van der Waals surface area contributed by atoms with Gasteiger partial charge in [0, 0.05) is 11.9 Å². The third-order valence-electron chi connectivity index (χ3n) is 4.55. The Balaban J connectivity index is 1.68. The highest BCUT2D eigenvalue weighted by atomic mass is 32.2. The van der Waals surface area contributed by atoms with Crippen LogP contribution in [0.5, 0.6) is 0 Å². The molecule has 0 amide bonds. The molecule has 7 heteroatoms. The van der Waals surface area contributed by atoms with E-state index in [0.29, 0.717) is 24.5 Å². The number of ether oxygens (including phenoxy) is 1. The molecule has 0 saturated carbocycles. The molecule has 4 rings (SSSR count). The minimum atomic E-state index is -0.362. The van der Waals surface area contributed by atoms with Gasteiger partial charge in [-0.2, -0.15) is 0 Å². The summed E-state index contributed by atoms with van der Waals surface area (Å²) in [6, 6.07) is 17.6. The number of carbonyl (C=O) groups excluding carboxylic acids is 1. The van der Waals surface area contributed by atoms with Crippen molar-refractivity contribution in [3.8, 4) is 0 Å². The Hall–Kier alpha value is -3.19. The number of esters is 1. The quantitative estimate of drug-likeness (QED) is 0.307. The average molecular weight is 421 g/mol. The minimum absolute atomic E-state index is 0.252. The van der Waals surface area contributed by atoms with Gasteiger partial charge in [-0.25, -0.2) is 14.2 Å². The Morgan fingerprint density at radius 2 is 1.97 bits per heavy atom. The van der Waals surface area contributed by atoms with Crippen LogP contribution in [0.25, 0.3) is 11.0 Å². The summed E-state index contributed by atoms with van der Waals surface area (Å²) in [5.41, 5.74) is 4.02. The summed E-state index contributed by atoms with van der Waals surface area (Å²) in [6.45, 7) is 2.66. The van der Waals surface area contributed by atoms with Gasteiger partial charge in [-0.3, -0.25) is 4.98 Å². The first-order valence-electron chi connectivity index (χ1n) is 9.58. The fourth-order valence-electron chi connectivity index (χ4n) is 3.09. The van der Waals surface area contributed by atoms with E-state index in [1.807, 2.05) is 24.3 Å². The molecule has 0 aliphatic rings. The number of rotatable bonds is 7. The van der Waals surface area contributed by atoms with Crippen LogP contribution in [0.1, 0.15) is 28.5 Å². The van der Waals surface area contributed by atoms with Crippen LogP contribution in [0.3, 0.4) is 0 Å². The summed E-state index contributed by atoms with van der Waals surface area (Å²) >= 11 is 1.56. The third-order valence-corrected chi connectivity index (χ3v) is 5.60. The van der Waals surface area contributed by atoms with Crippen molar-refractivity contribution in [2.75, 3.05) is 6.61 Å². The molecule has 2 heterocycles. The number of halogens is 1. The van der Waals surface area contributed by atoms with Crippen molar-refractivity contribution in [3.63, 3.8) is 0 Å². The number of imidazole rings is 1. The second kappa shape index (κ2) is 9.09. The third kappa shape index (κ3) is 4.52. The Morgan fingerprint density at radius 3 is 2.70 bits per heavy atom. The number of thioether (sulfide) groups is 1. The van der Waals surface area contributed by atoms with Crippen LogP contribution >= 0.6 is 11.8 Å². The highest BCUT2D eigenvalue weighted by molar-refractivity contribution is 7.98. The number of aromatic nitrogens is 3. The SMILES string of the molecule is CCOC(=O)c1ccc2c(c1)nc(SCc1ccc(F)cc1)n2Cc1ccccn1. The summed E-state index contributed by atoms with van der Waals surface area (Å²) in [5, 5.41) is 0.806. The molecule has 0 atom stereocenters. The molecule has 5 nitrogen and oxygen atoms in total. The smallest absolute Gasteiger partial charge is 0.338 e. The molecule has 152 valence electrons. The number of pyridine rings is 1. The predicted octanol–water partition coefficient (Wildman–Crippen LogP) is 5.09. The minimum Gasteiger partial charge on any atom is -0.462 e. The summed E-state index contributed by atoms with van der Waals surface area (Å²) in [5.74, 6) is 0.0353. The summed E-state index contributed by atoms with van der Waals surface area (Å²) < 4.78 is 20.4. The molecule has 2 aromatic carbocycles. The maximum atomic E-state index is 13.2. The molecular weight excluding hydrogens is 401 g/mol. The summed E-state index contributed by atoms with van der Waals surface area (Å²) in [6.07, 6.45) is 1.76. The summed E-state index contributed by atoms with van der Waals surface area (Å²) in [4.78, 5) is 21.3. The van der Waals surface area contributed by atoms with Gasteiger partial charge in [-0.05, 0) is 55.0 Å². The fourth-order valence-corrected chi connectivity index (χ4v) is 4.06. The number of hydrogen-bond donors (Lipinski definition) is 0. The van der Waals surface area contributed by atoms with Crippen molar-refractivity contribution in [2.24, 2.45) is 0 Å². The van der Waals surface area contributed by atoms with Crippen LogP contribution in [-0.2, 0) is 17.0 Å². The van der Waals surface area contributed by atoms with E-state index in [4.69, 9.17) is 9.72 Å². The van der Waals surface area contributed by atoms with E-state index in [0.717, 1.165) is 27.4 Å². The van der Waals surface area contributed by atoms with Crippen molar-refractivity contribution in [3.05, 3.63) is 89.5 Å². The molecule has 0 N–H and O–H groups in total. The van der Waals surface area contributed by atoms with E-state index in [1.165, 1.54) is 12.1 Å². The highest BCUT2D eigenvalue weighted by Gasteiger charge is 2.15. The number of benzene rings is 2. The van der Waals surface area contributed by atoms with Crippen LogP contribution in [0, 0.1) is 5.82 Å². The van der Waals surface area contributed by atoms with Crippen molar-refractivity contribution in [1.82, 2.24) is 14.5 Å². The lowest BCUT2D eigenvalue weighted by Gasteiger charge is -2.09. The maximum Gasteiger partial charge on any atom is 0.338 e. The van der Waals surface area contributed by atoms with Gasteiger partial charge in [-0.15, -0.1) is 0 Å². The van der Waals surface area contributed by atoms with E-state index < -0.39 is 0 Å². The topological polar surface area (TPSA) is 57.0 Å². The molecule has 0 fully saturated rings. The Morgan fingerprint density at radius 1 is 1.13 bits per heavy atom. The Kier molecular flexibility index (Phi) is 6.09. The maximum absolute atomic E-state index is 13.2. The lowest BCUT2D eigenvalue weighted by Crippen LogP contribution is -2.05. The second-order valence-corrected chi connectivity index (χ2v) is 7.58. The summed E-state index contributed by atoms with van der Waals surface area (Å²) in [7, 11) is 0. The first-order chi connectivity index (χ1) is 14.6. The van der Waals surface area contributed by atoms with Crippen molar-refractivity contribution in [2.45, 2.75) is 24.4 Å². The highest BCUT2D eigenvalue weighted by Crippen LogP contribution is 2.28. The molecule has 30 heavy (non-hydrogen) atoms. The van der Waals surface area contributed by atoms with Crippen LogP contribution in [0.2, 0.25) is 0 Å². The molecular formula is C23H20FN3O2S. The lowest BCUT2D eigenvalue weighted by molar-refractivity contribution is 0.0526. The van der Waals surface area contributed by atoms with Gasteiger partial charge in [0.2, 0.25) is 0 Å². The van der Waals surface area contributed by atoms with Crippen LogP contribution < -0.4 is 0 Å². The molecule has 0 radical (unpaired) electrons. The number of hydrogen-bond acceptors (Lipinski definition) is 5. The average Bonchev–Trinajstić information content (AvgIpc) is 3.11. The van der Waals surface area contributed by atoms with Gasteiger partial charge in [0.25, 0.3) is 0 Å². The van der Waals surface area contributed by atoms with E-state index in [9.17, 15) is 9.18 Å². The van der Waals surface area contributed by atoms with Crippen LogP contribution in [0.15, 0.2) is 72.0 Å². The molecule has 0 saturated heterocycles. The number of fused-ring (bicyclic) bond motifs is 1. The predicted molar refractivity (Wildman–Crippen MR) is 115 cm³/mol. The lowest BCUT2D eigenvalue weighted by atomic mass is 10.2. The molecule has 0 aliphatic heterocycles. The van der Waals surface area contributed by atoms with Gasteiger partial charge in [-0.1, -0.05) is 30.0 Å². The normalized spacial score (nSPS) is 11.0. The first-order valence-corrected chi connectivity index (χ1v) is 10.6. The Bertz CT molecular complexity index is 1160. The number of nitrogens with zero attached hydrogens (tertiary/aromatic N) is 3. The molecule has 2 aromatic heterocycles. The number of carbonyl (C=O) groups is 1. The van der Waals surface area contributed by atoms with E-state index in [1.54, 1.807) is 49.1 Å². The van der Waals surface area contributed by atoms with Gasteiger partial charge in [0.1, 0.15) is 5.82 Å². The van der Waals surface area contributed by atoms with Crippen molar-refractivity contribution < 1.29 is 13.9 Å². The van der Waals surface area contributed by atoms with Gasteiger partial charge in [0.05, 0.1) is 35.4 Å². The zero-order valence-electron chi connectivity index (χ0n) is 16.4. The van der Waals surface area contributed by atoms with Gasteiger partial charge in [0.15, 0.2) is 5.16 Å². The van der Waals surface area contributed by atoms with E-state index in [2.05, 4.69) is 9.55 Å². The largest absolute Gasteiger partial charge is 0.462 e. The van der Waals surface area contributed by atoms with E-state index >= 15 is 0 Å². The monoisotopic (exact) mass is 421 g/mol. The van der Waals surface area contributed by atoms with Gasteiger partial charge < -0.3 is 9.30 Å².